The first-order valence-electron chi connectivity index (χ1n) is 9.06. The summed E-state index contributed by atoms with van der Waals surface area (Å²) in [7, 11) is 0. The van der Waals surface area contributed by atoms with Crippen molar-refractivity contribution in [3.05, 3.63) is 34.9 Å². The summed E-state index contributed by atoms with van der Waals surface area (Å²) in [6.45, 7) is 2.38. The maximum absolute atomic E-state index is 12.5. The van der Waals surface area contributed by atoms with Crippen molar-refractivity contribution in [1.29, 1.82) is 5.26 Å². The van der Waals surface area contributed by atoms with Gasteiger partial charge in [-0.2, -0.15) is 5.26 Å². The zero-order chi connectivity index (χ0) is 18.3. The number of rotatable bonds is 4. The predicted octanol–water partition coefficient (Wildman–Crippen LogP) is 1.51. The van der Waals surface area contributed by atoms with E-state index < -0.39 is 0 Å². The second-order valence-corrected chi connectivity index (χ2v) is 7.77. The molecule has 3 unspecified atom stereocenters. The molecule has 0 radical (unpaired) electrons. The van der Waals surface area contributed by atoms with Gasteiger partial charge in [0.15, 0.2) is 0 Å². The van der Waals surface area contributed by atoms with Crippen LogP contribution in [-0.4, -0.2) is 59.9 Å². The molecule has 2 saturated heterocycles. The minimum Gasteiger partial charge on any atom is -0.338 e. The number of hydrogen-bond donors (Lipinski definition) is 1. The fourth-order valence-corrected chi connectivity index (χ4v) is 4.50. The molecule has 1 aromatic carbocycles. The van der Waals surface area contributed by atoms with Crippen LogP contribution in [0.5, 0.6) is 0 Å². The van der Waals surface area contributed by atoms with E-state index in [-0.39, 0.29) is 24.4 Å². The summed E-state index contributed by atoms with van der Waals surface area (Å²) >= 11 is 5.96. The van der Waals surface area contributed by atoms with Crippen molar-refractivity contribution in [3.63, 3.8) is 0 Å². The molecular weight excluding hydrogens is 352 g/mol. The number of amides is 2. The fourth-order valence-electron chi connectivity index (χ4n) is 4.31. The molecule has 3 fully saturated rings. The van der Waals surface area contributed by atoms with E-state index in [0.29, 0.717) is 48.1 Å². The number of nitrogens with one attached hydrogen (secondary N) is 1. The Labute approximate surface area is 157 Å². The Morgan fingerprint density at radius 2 is 2.08 bits per heavy atom. The number of nitrogens with zero attached hydrogens (tertiary/aromatic N) is 3. The van der Waals surface area contributed by atoms with Crippen LogP contribution in [0.15, 0.2) is 24.3 Å². The van der Waals surface area contributed by atoms with Crippen molar-refractivity contribution in [2.45, 2.75) is 24.9 Å². The molecule has 0 bridgehead atoms. The summed E-state index contributed by atoms with van der Waals surface area (Å²) in [5.41, 5.74) is 0.620. The highest BCUT2D eigenvalue weighted by Crippen LogP contribution is 2.45. The molecule has 2 aliphatic heterocycles. The third-order valence-electron chi connectivity index (χ3n) is 5.76. The Balaban J connectivity index is 1.25. The summed E-state index contributed by atoms with van der Waals surface area (Å²) in [5, 5.41) is 13.0. The van der Waals surface area contributed by atoms with Crippen LogP contribution in [-0.2, 0) is 4.79 Å². The standard InChI is InChI=1S/C19H21ClN4O2/c20-13-4-1-3-12(7-13)19(26)23-10-15-16(11-23)18(15)22-9-17(25)24-6-2-5-14(24)8-21/h1,3-4,7,14-16,18,22H,2,5-6,9-11H2. The highest BCUT2D eigenvalue weighted by atomic mass is 35.5. The van der Waals surface area contributed by atoms with Crippen LogP contribution in [0.3, 0.4) is 0 Å². The minimum atomic E-state index is -0.270. The molecule has 3 aliphatic rings. The van der Waals surface area contributed by atoms with Crippen LogP contribution in [0.1, 0.15) is 23.2 Å². The maximum Gasteiger partial charge on any atom is 0.253 e. The zero-order valence-corrected chi connectivity index (χ0v) is 15.2. The van der Waals surface area contributed by atoms with E-state index in [1.165, 1.54) is 0 Å². The Hall–Kier alpha value is -2.10. The van der Waals surface area contributed by atoms with Crippen LogP contribution in [0.2, 0.25) is 5.02 Å². The summed E-state index contributed by atoms with van der Waals surface area (Å²) in [5.74, 6) is 0.849. The van der Waals surface area contributed by atoms with Gasteiger partial charge in [0, 0.05) is 36.3 Å². The molecule has 1 aromatic rings. The molecule has 2 heterocycles. The van der Waals surface area contributed by atoms with Gasteiger partial charge >= 0.3 is 0 Å². The highest BCUT2D eigenvalue weighted by Gasteiger charge is 2.56. The summed E-state index contributed by atoms with van der Waals surface area (Å²) in [6, 6.07) is 9.26. The van der Waals surface area contributed by atoms with Crippen LogP contribution in [0, 0.1) is 23.2 Å². The number of benzene rings is 1. The van der Waals surface area contributed by atoms with E-state index in [9.17, 15) is 9.59 Å². The monoisotopic (exact) mass is 372 g/mol. The molecule has 2 amide bonds. The molecule has 0 spiro atoms. The molecule has 7 heteroatoms. The first-order chi connectivity index (χ1) is 12.6. The Morgan fingerprint density at radius 1 is 1.31 bits per heavy atom. The molecule has 6 nitrogen and oxygen atoms in total. The van der Waals surface area contributed by atoms with Crippen LogP contribution >= 0.6 is 11.6 Å². The van der Waals surface area contributed by atoms with Gasteiger partial charge < -0.3 is 15.1 Å². The number of nitriles is 1. The van der Waals surface area contributed by atoms with Gasteiger partial charge in [-0.05, 0) is 42.9 Å². The molecule has 0 aromatic heterocycles. The number of piperidine rings is 1. The van der Waals surface area contributed by atoms with E-state index >= 15 is 0 Å². The second kappa shape index (κ2) is 6.90. The average Bonchev–Trinajstić information content (AvgIpc) is 3.03. The average molecular weight is 373 g/mol. The molecule has 1 aliphatic carbocycles. The maximum atomic E-state index is 12.5. The first-order valence-corrected chi connectivity index (χ1v) is 9.43. The molecule has 136 valence electrons. The number of fused-ring (bicyclic) bond motifs is 1. The minimum absolute atomic E-state index is 0.00545. The summed E-state index contributed by atoms with van der Waals surface area (Å²) in [4.78, 5) is 28.4. The SMILES string of the molecule is N#CC1CCCN1C(=O)CNC1C2CN(C(=O)c3cccc(Cl)c3)CC21. The Kier molecular flexibility index (Phi) is 4.60. The topological polar surface area (TPSA) is 76.4 Å². The number of carbonyl (C=O) groups is 2. The van der Waals surface area contributed by atoms with Gasteiger partial charge in [-0.15, -0.1) is 0 Å². The van der Waals surface area contributed by atoms with Gasteiger partial charge in [0.2, 0.25) is 5.91 Å². The van der Waals surface area contributed by atoms with Crippen molar-refractivity contribution < 1.29 is 9.59 Å². The quantitative estimate of drug-likeness (QED) is 0.869. The number of halogens is 1. The summed E-state index contributed by atoms with van der Waals surface area (Å²) < 4.78 is 0. The van der Waals surface area contributed by atoms with E-state index in [2.05, 4.69) is 11.4 Å². The van der Waals surface area contributed by atoms with Gasteiger partial charge in [-0.25, -0.2) is 0 Å². The molecule has 4 rings (SSSR count). The van der Waals surface area contributed by atoms with E-state index in [4.69, 9.17) is 16.9 Å². The van der Waals surface area contributed by atoms with Crippen molar-refractivity contribution in [2.24, 2.45) is 11.8 Å². The van der Waals surface area contributed by atoms with Gasteiger partial charge in [-0.1, -0.05) is 17.7 Å². The smallest absolute Gasteiger partial charge is 0.253 e. The van der Waals surface area contributed by atoms with Crippen LogP contribution in [0.4, 0.5) is 0 Å². The zero-order valence-electron chi connectivity index (χ0n) is 14.4. The van der Waals surface area contributed by atoms with Crippen molar-refractivity contribution in [2.75, 3.05) is 26.2 Å². The lowest BCUT2D eigenvalue weighted by Crippen LogP contribution is -2.43. The van der Waals surface area contributed by atoms with Crippen molar-refractivity contribution >= 4 is 23.4 Å². The highest BCUT2D eigenvalue weighted by molar-refractivity contribution is 6.30. The van der Waals surface area contributed by atoms with Crippen LogP contribution in [0.25, 0.3) is 0 Å². The van der Waals surface area contributed by atoms with Crippen molar-refractivity contribution in [1.82, 2.24) is 15.1 Å². The number of likely N-dealkylation sites (tertiary alicyclic amines) is 2. The normalized spacial score (nSPS) is 29.4. The van der Waals surface area contributed by atoms with Crippen molar-refractivity contribution in [3.8, 4) is 6.07 Å². The number of hydrogen-bond acceptors (Lipinski definition) is 4. The Morgan fingerprint density at radius 3 is 2.77 bits per heavy atom. The fraction of sp³-hybridized carbons (Fsp3) is 0.526. The molecule has 1 saturated carbocycles. The lowest BCUT2D eigenvalue weighted by atomic mass is 10.2. The van der Waals surface area contributed by atoms with Gasteiger partial charge in [-0.3, -0.25) is 9.59 Å². The summed E-state index contributed by atoms with van der Waals surface area (Å²) in [6.07, 6.45) is 1.68. The molecular formula is C19H21ClN4O2. The largest absolute Gasteiger partial charge is 0.338 e. The van der Waals surface area contributed by atoms with Gasteiger partial charge in [0.05, 0.1) is 12.6 Å². The third-order valence-corrected chi connectivity index (χ3v) is 6.00. The predicted molar refractivity (Wildman–Crippen MR) is 96.5 cm³/mol. The van der Waals surface area contributed by atoms with E-state index in [0.717, 1.165) is 12.8 Å². The third kappa shape index (κ3) is 3.17. The van der Waals surface area contributed by atoms with E-state index in [1.54, 1.807) is 29.2 Å². The lowest BCUT2D eigenvalue weighted by molar-refractivity contribution is -0.130. The van der Waals surface area contributed by atoms with Gasteiger partial charge in [0.25, 0.3) is 5.91 Å². The van der Waals surface area contributed by atoms with E-state index in [1.807, 2.05) is 4.90 Å². The molecule has 3 atom stereocenters. The van der Waals surface area contributed by atoms with Crippen LogP contribution < -0.4 is 5.32 Å². The van der Waals surface area contributed by atoms with Gasteiger partial charge in [0.1, 0.15) is 6.04 Å². The first kappa shape index (κ1) is 17.3. The number of carbonyl (C=O) groups excluding carboxylic acids is 2. The lowest BCUT2D eigenvalue weighted by Gasteiger charge is -2.22. The molecule has 26 heavy (non-hydrogen) atoms. The molecule has 1 N–H and O–H groups in total. The Bertz CT molecular complexity index is 765. The second-order valence-electron chi connectivity index (χ2n) is 7.33.